The number of anilines is 2. The van der Waals surface area contributed by atoms with Crippen LogP contribution in [0.25, 0.3) is 0 Å². The molecular weight excluding hydrogens is 348 g/mol. The molecule has 28 heavy (non-hydrogen) atoms. The first-order chi connectivity index (χ1) is 13.6. The van der Waals surface area contributed by atoms with Gasteiger partial charge in [-0.3, -0.25) is 9.59 Å². The maximum absolute atomic E-state index is 12.5. The van der Waals surface area contributed by atoms with Crippen molar-refractivity contribution in [2.24, 2.45) is 0 Å². The van der Waals surface area contributed by atoms with E-state index in [-0.39, 0.29) is 11.8 Å². The lowest BCUT2D eigenvalue weighted by molar-refractivity contribution is 0.102. The van der Waals surface area contributed by atoms with Gasteiger partial charge in [-0.05, 0) is 54.6 Å². The van der Waals surface area contributed by atoms with Gasteiger partial charge >= 0.3 is 0 Å². The smallest absolute Gasteiger partial charge is 0.255 e. The molecule has 3 aromatic carbocycles. The topological polar surface area (TPSA) is 58.2 Å². The molecule has 0 aromatic heterocycles. The lowest BCUT2D eigenvalue weighted by Gasteiger charge is -2.09. The summed E-state index contributed by atoms with van der Waals surface area (Å²) in [5.74, 6) is 4.37. The number of carbonyl (C=O) groups excluding carboxylic acids is 2. The molecule has 0 aliphatic carbocycles. The third-order valence-corrected chi connectivity index (χ3v) is 3.96. The molecule has 0 fully saturated rings. The van der Waals surface area contributed by atoms with Crippen molar-refractivity contribution in [3.63, 3.8) is 0 Å². The average Bonchev–Trinajstić information content (AvgIpc) is 2.74. The van der Waals surface area contributed by atoms with E-state index in [4.69, 9.17) is 12.8 Å². The zero-order chi connectivity index (χ0) is 19.9. The van der Waals surface area contributed by atoms with E-state index >= 15 is 0 Å². The Kier molecular flexibility index (Phi) is 5.55. The molecule has 4 heteroatoms. The SMILES string of the molecule is C#Cc1cccc(NC(=O)c2cccc(C(=O)Nc3cccc(C#C)c3)c2)c1. The average molecular weight is 364 g/mol. The molecule has 0 atom stereocenters. The molecule has 3 rings (SSSR count). The molecule has 134 valence electrons. The minimum atomic E-state index is -0.335. The Morgan fingerprint density at radius 2 is 1.07 bits per heavy atom. The first-order valence-corrected chi connectivity index (χ1v) is 8.45. The van der Waals surface area contributed by atoms with Crippen LogP contribution in [-0.4, -0.2) is 11.8 Å². The summed E-state index contributed by atoms with van der Waals surface area (Å²) in [5, 5.41) is 5.55. The van der Waals surface area contributed by atoms with Gasteiger partial charge in [-0.25, -0.2) is 0 Å². The largest absolute Gasteiger partial charge is 0.322 e. The fourth-order valence-corrected chi connectivity index (χ4v) is 2.58. The number of rotatable bonds is 4. The van der Waals surface area contributed by atoms with Crippen LogP contribution in [0, 0.1) is 24.7 Å². The van der Waals surface area contributed by atoms with Crippen LogP contribution in [0.5, 0.6) is 0 Å². The number of amides is 2. The number of terminal acetylenes is 2. The van der Waals surface area contributed by atoms with Crippen molar-refractivity contribution in [3.05, 3.63) is 95.1 Å². The predicted molar refractivity (Wildman–Crippen MR) is 111 cm³/mol. The summed E-state index contributed by atoms with van der Waals surface area (Å²) < 4.78 is 0. The number of benzene rings is 3. The molecule has 0 saturated heterocycles. The first-order valence-electron chi connectivity index (χ1n) is 8.45. The van der Waals surface area contributed by atoms with Gasteiger partial charge in [0.1, 0.15) is 0 Å². The Balaban J connectivity index is 1.75. The first kappa shape index (κ1) is 18.5. The van der Waals surface area contributed by atoms with Gasteiger partial charge in [0.05, 0.1) is 0 Å². The lowest BCUT2D eigenvalue weighted by Crippen LogP contribution is -2.15. The van der Waals surface area contributed by atoms with Crippen molar-refractivity contribution in [2.75, 3.05) is 10.6 Å². The lowest BCUT2D eigenvalue weighted by atomic mass is 10.1. The third kappa shape index (κ3) is 4.46. The van der Waals surface area contributed by atoms with Gasteiger partial charge in [0.15, 0.2) is 0 Å². The highest BCUT2D eigenvalue weighted by Gasteiger charge is 2.11. The van der Waals surface area contributed by atoms with Crippen LogP contribution in [0.4, 0.5) is 11.4 Å². The number of nitrogens with one attached hydrogen (secondary N) is 2. The fraction of sp³-hybridized carbons (Fsp3) is 0. The van der Waals surface area contributed by atoms with Crippen LogP contribution in [0.2, 0.25) is 0 Å². The molecule has 2 amide bonds. The van der Waals surface area contributed by atoms with E-state index in [9.17, 15) is 9.59 Å². The van der Waals surface area contributed by atoms with Crippen molar-refractivity contribution >= 4 is 23.2 Å². The number of carbonyl (C=O) groups is 2. The van der Waals surface area contributed by atoms with Crippen LogP contribution in [0.3, 0.4) is 0 Å². The van der Waals surface area contributed by atoms with Gasteiger partial charge in [-0.2, -0.15) is 0 Å². The molecule has 3 aromatic rings. The summed E-state index contributed by atoms with van der Waals surface area (Å²) in [4.78, 5) is 25.0. The number of hydrogen-bond acceptors (Lipinski definition) is 2. The summed E-state index contributed by atoms with van der Waals surface area (Å²) in [6.07, 6.45) is 10.8. The fourth-order valence-electron chi connectivity index (χ4n) is 2.58. The standard InChI is InChI=1S/C24H16N2O2/c1-3-17-8-5-12-21(14-17)25-23(27)19-10-7-11-20(16-19)24(28)26-22-13-6-9-18(4-2)15-22/h1-2,5-16H,(H,25,27)(H,26,28). The van der Waals surface area contributed by atoms with Gasteiger partial charge in [0, 0.05) is 33.6 Å². The van der Waals surface area contributed by atoms with Crippen LogP contribution in [0.1, 0.15) is 31.8 Å². The van der Waals surface area contributed by atoms with E-state index in [1.54, 1.807) is 66.7 Å². The highest BCUT2D eigenvalue weighted by Crippen LogP contribution is 2.15. The van der Waals surface area contributed by atoms with Crippen molar-refractivity contribution < 1.29 is 9.59 Å². The maximum atomic E-state index is 12.5. The summed E-state index contributed by atoms with van der Waals surface area (Å²) >= 11 is 0. The quantitative estimate of drug-likeness (QED) is 0.683. The van der Waals surface area contributed by atoms with Gasteiger partial charge in [-0.1, -0.05) is 30.0 Å². The second-order valence-electron chi connectivity index (χ2n) is 5.94. The van der Waals surface area contributed by atoms with Crippen LogP contribution < -0.4 is 10.6 Å². The third-order valence-electron chi connectivity index (χ3n) is 3.96. The van der Waals surface area contributed by atoms with E-state index < -0.39 is 0 Å². The van der Waals surface area contributed by atoms with E-state index in [0.717, 1.165) is 0 Å². The maximum Gasteiger partial charge on any atom is 0.255 e. The van der Waals surface area contributed by atoms with Gasteiger partial charge in [0.2, 0.25) is 0 Å². The Labute approximate surface area is 163 Å². The monoisotopic (exact) mass is 364 g/mol. The predicted octanol–water partition coefficient (Wildman–Crippen LogP) is 4.15. The Morgan fingerprint density at radius 3 is 1.50 bits per heavy atom. The van der Waals surface area contributed by atoms with Crippen LogP contribution in [-0.2, 0) is 0 Å². The Morgan fingerprint density at radius 1 is 0.643 bits per heavy atom. The van der Waals surface area contributed by atoms with Gasteiger partial charge < -0.3 is 10.6 Å². The molecule has 0 bridgehead atoms. The van der Waals surface area contributed by atoms with Crippen molar-refractivity contribution in [1.82, 2.24) is 0 Å². The normalized spacial score (nSPS) is 9.64. The molecule has 0 heterocycles. The highest BCUT2D eigenvalue weighted by molar-refractivity contribution is 6.08. The molecule has 0 aliphatic heterocycles. The molecule has 0 aliphatic rings. The Bertz CT molecular complexity index is 1050. The minimum Gasteiger partial charge on any atom is -0.322 e. The second-order valence-corrected chi connectivity index (χ2v) is 5.94. The van der Waals surface area contributed by atoms with E-state index in [1.807, 2.05) is 0 Å². The minimum absolute atomic E-state index is 0.335. The Hall–Kier alpha value is -4.28. The zero-order valence-electron chi connectivity index (χ0n) is 14.9. The molecule has 0 unspecified atom stereocenters. The van der Waals surface area contributed by atoms with Crippen LogP contribution in [0.15, 0.2) is 72.8 Å². The van der Waals surface area contributed by atoms with E-state index in [0.29, 0.717) is 33.6 Å². The molecule has 0 radical (unpaired) electrons. The second kappa shape index (κ2) is 8.40. The van der Waals surface area contributed by atoms with E-state index in [1.165, 1.54) is 6.07 Å². The van der Waals surface area contributed by atoms with Gasteiger partial charge in [-0.15, -0.1) is 12.8 Å². The molecular formula is C24H16N2O2. The highest BCUT2D eigenvalue weighted by atomic mass is 16.2. The van der Waals surface area contributed by atoms with Crippen molar-refractivity contribution in [2.45, 2.75) is 0 Å². The number of hydrogen-bond donors (Lipinski definition) is 2. The summed E-state index contributed by atoms with van der Waals surface area (Å²) in [6.45, 7) is 0. The van der Waals surface area contributed by atoms with Crippen molar-refractivity contribution in [1.29, 1.82) is 0 Å². The summed E-state index contributed by atoms with van der Waals surface area (Å²) in [6, 6.07) is 20.4. The molecule has 0 spiro atoms. The zero-order valence-corrected chi connectivity index (χ0v) is 14.9. The molecule has 4 nitrogen and oxygen atoms in total. The summed E-state index contributed by atoms with van der Waals surface area (Å²) in [5.41, 5.74) is 3.22. The van der Waals surface area contributed by atoms with Gasteiger partial charge in [0.25, 0.3) is 11.8 Å². The van der Waals surface area contributed by atoms with Crippen molar-refractivity contribution in [3.8, 4) is 24.7 Å². The van der Waals surface area contributed by atoms with Crippen LogP contribution >= 0.6 is 0 Å². The molecule has 0 saturated carbocycles. The van der Waals surface area contributed by atoms with E-state index in [2.05, 4.69) is 22.5 Å². The molecule has 2 N–H and O–H groups in total. The summed E-state index contributed by atoms with van der Waals surface area (Å²) in [7, 11) is 0.